The molecule has 0 N–H and O–H groups in total. The van der Waals surface area contributed by atoms with E-state index < -0.39 is 0 Å². The highest BCUT2D eigenvalue weighted by molar-refractivity contribution is 5.63. The van der Waals surface area contributed by atoms with Gasteiger partial charge in [0.25, 0.3) is 0 Å². The standard InChI is InChI=1S/C22H26N4O3/c1-15-17(12-25(2)23-15)13-26-9-5-3-4-6-19(26)18-11-21(29-24-18)16-7-8-20-22(10-16)28-14-27-20/h7-8,10-12,19H,3-6,9,13-14H2,1-2H3. The molecule has 1 unspecified atom stereocenters. The van der Waals surface area contributed by atoms with E-state index in [2.05, 4.69) is 34.3 Å². The summed E-state index contributed by atoms with van der Waals surface area (Å²) in [6.45, 7) is 4.29. The molecule has 0 bridgehead atoms. The highest BCUT2D eigenvalue weighted by atomic mass is 16.7. The number of nitrogens with zero attached hydrogens (tertiary/aromatic N) is 4. The number of likely N-dealkylation sites (tertiary alicyclic amines) is 1. The molecule has 1 fully saturated rings. The fourth-order valence-electron chi connectivity index (χ4n) is 4.35. The molecule has 5 rings (SSSR count). The molecule has 0 aliphatic carbocycles. The fourth-order valence-corrected chi connectivity index (χ4v) is 4.35. The zero-order valence-corrected chi connectivity index (χ0v) is 16.9. The number of hydrogen-bond acceptors (Lipinski definition) is 6. The molecule has 7 heteroatoms. The van der Waals surface area contributed by atoms with Gasteiger partial charge >= 0.3 is 0 Å². The van der Waals surface area contributed by atoms with E-state index in [1.165, 1.54) is 24.8 Å². The van der Waals surface area contributed by atoms with Gasteiger partial charge < -0.3 is 14.0 Å². The molecule has 152 valence electrons. The van der Waals surface area contributed by atoms with E-state index in [1.54, 1.807) is 0 Å². The van der Waals surface area contributed by atoms with Crippen LogP contribution in [0.15, 0.2) is 35.0 Å². The predicted octanol–water partition coefficient (Wildman–Crippen LogP) is 4.23. The summed E-state index contributed by atoms with van der Waals surface area (Å²) in [4.78, 5) is 2.53. The summed E-state index contributed by atoms with van der Waals surface area (Å²) in [5.41, 5.74) is 4.33. The normalized spacial score (nSPS) is 19.4. The highest BCUT2D eigenvalue weighted by Gasteiger charge is 2.27. The Labute approximate surface area is 170 Å². The molecule has 0 saturated carbocycles. The van der Waals surface area contributed by atoms with Gasteiger partial charge in [0, 0.05) is 37.0 Å². The van der Waals surface area contributed by atoms with Crippen molar-refractivity contribution in [3.05, 3.63) is 47.4 Å². The highest BCUT2D eigenvalue weighted by Crippen LogP contribution is 2.38. The monoisotopic (exact) mass is 394 g/mol. The lowest BCUT2D eigenvalue weighted by atomic mass is 10.0. The van der Waals surface area contributed by atoms with E-state index in [9.17, 15) is 0 Å². The van der Waals surface area contributed by atoms with Crippen LogP contribution in [0.25, 0.3) is 11.3 Å². The third-order valence-electron chi connectivity index (χ3n) is 5.88. The van der Waals surface area contributed by atoms with Crippen LogP contribution in [0.4, 0.5) is 0 Å². The summed E-state index contributed by atoms with van der Waals surface area (Å²) >= 11 is 0. The molecule has 7 nitrogen and oxygen atoms in total. The maximum atomic E-state index is 5.74. The first-order valence-electron chi connectivity index (χ1n) is 10.3. The van der Waals surface area contributed by atoms with Crippen LogP contribution in [0, 0.1) is 6.92 Å². The minimum absolute atomic E-state index is 0.253. The van der Waals surface area contributed by atoms with Gasteiger partial charge in [0.05, 0.1) is 11.7 Å². The molecule has 0 spiro atoms. The quantitative estimate of drug-likeness (QED) is 0.660. The SMILES string of the molecule is Cc1nn(C)cc1CN1CCCCCC1c1cc(-c2ccc3c(c2)OCO3)on1. The lowest BCUT2D eigenvalue weighted by Crippen LogP contribution is -2.28. The molecule has 0 amide bonds. The minimum Gasteiger partial charge on any atom is -0.454 e. The second-order valence-corrected chi connectivity index (χ2v) is 7.93. The molecule has 1 aromatic carbocycles. The summed E-state index contributed by atoms with van der Waals surface area (Å²) in [5, 5.41) is 8.97. The molecular weight excluding hydrogens is 368 g/mol. The Bertz CT molecular complexity index is 1010. The van der Waals surface area contributed by atoms with Gasteiger partial charge in [-0.3, -0.25) is 9.58 Å². The largest absolute Gasteiger partial charge is 0.454 e. The molecule has 2 aliphatic rings. The van der Waals surface area contributed by atoms with E-state index in [-0.39, 0.29) is 12.8 Å². The third kappa shape index (κ3) is 3.62. The Hall–Kier alpha value is -2.80. The second kappa shape index (κ2) is 7.55. The van der Waals surface area contributed by atoms with E-state index in [0.717, 1.165) is 53.7 Å². The van der Waals surface area contributed by atoms with Gasteiger partial charge in [-0.25, -0.2) is 0 Å². The van der Waals surface area contributed by atoms with Crippen molar-refractivity contribution in [1.82, 2.24) is 19.8 Å². The number of fused-ring (bicyclic) bond motifs is 1. The van der Waals surface area contributed by atoms with Crippen LogP contribution in [0.1, 0.15) is 48.7 Å². The third-order valence-corrected chi connectivity index (χ3v) is 5.88. The molecule has 29 heavy (non-hydrogen) atoms. The zero-order valence-electron chi connectivity index (χ0n) is 16.9. The maximum absolute atomic E-state index is 5.74. The molecule has 1 saturated heterocycles. The van der Waals surface area contributed by atoms with E-state index in [1.807, 2.05) is 29.9 Å². The number of aromatic nitrogens is 3. The topological polar surface area (TPSA) is 65.6 Å². The van der Waals surface area contributed by atoms with Crippen LogP contribution in [0.5, 0.6) is 11.5 Å². The molecule has 0 radical (unpaired) electrons. The van der Waals surface area contributed by atoms with E-state index in [0.29, 0.717) is 0 Å². The van der Waals surface area contributed by atoms with Crippen LogP contribution in [-0.2, 0) is 13.6 Å². The van der Waals surface area contributed by atoms with Gasteiger partial charge in [-0.1, -0.05) is 18.0 Å². The molecule has 4 heterocycles. The number of rotatable bonds is 4. The summed E-state index contributed by atoms with van der Waals surface area (Å²) in [7, 11) is 1.98. The van der Waals surface area contributed by atoms with Crippen molar-refractivity contribution in [2.24, 2.45) is 7.05 Å². The Balaban J connectivity index is 1.41. The summed E-state index contributed by atoms with van der Waals surface area (Å²) in [5.74, 6) is 2.29. The Morgan fingerprint density at radius 2 is 2.00 bits per heavy atom. The van der Waals surface area contributed by atoms with Crippen LogP contribution in [0.2, 0.25) is 0 Å². The van der Waals surface area contributed by atoms with Gasteiger partial charge in [0.15, 0.2) is 17.3 Å². The Kier molecular flexibility index (Phi) is 4.75. The number of benzene rings is 1. The van der Waals surface area contributed by atoms with Gasteiger partial charge in [0.1, 0.15) is 5.69 Å². The van der Waals surface area contributed by atoms with Crippen molar-refractivity contribution in [3.63, 3.8) is 0 Å². The summed E-state index contributed by atoms with van der Waals surface area (Å²) < 4.78 is 18.5. The Morgan fingerprint density at radius 1 is 1.10 bits per heavy atom. The first kappa shape index (κ1) is 18.2. The number of hydrogen-bond donors (Lipinski definition) is 0. The van der Waals surface area contributed by atoms with Crippen molar-refractivity contribution in [2.45, 2.75) is 45.2 Å². The fraction of sp³-hybridized carbons (Fsp3) is 0.455. The van der Waals surface area contributed by atoms with Crippen LogP contribution in [0.3, 0.4) is 0 Å². The summed E-state index contributed by atoms with van der Waals surface area (Å²) in [6, 6.07) is 8.20. The average Bonchev–Trinajstić information content (AvgIpc) is 3.40. The smallest absolute Gasteiger partial charge is 0.231 e. The molecule has 3 aromatic rings. The molecular formula is C22H26N4O3. The number of ether oxygens (including phenoxy) is 2. The molecule has 2 aromatic heterocycles. The molecule has 2 aliphatic heterocycles. The maximum Gasteiger partial charge on any atom is 0.231 e. The second-order valence-electron chi connectivity index (χ2n) is 7.93. The van der Waals surface area contributed by atoms with Gasteiger partial charge in [-0.2, -0.15) is 5.10 Å². The van der Waals surface area contributed by atoms with Gasteiger partial charge in [0.2, 0.25) is 6.79 Å². The minimum atomic E-state index is 0.253. The van der Waals surface area contributed by atoms with Crippen molar-refractivity contribution in [1.29, 1.82) is 0 Å². The van der Waals surface area contributed by atoms with E-state index in [4.69, 9.17) is 14.0 Å². The van der Waals surface area contributed by atoms with Crippen molar-refractivity contribution < 1.29 is 14.0 Å². The zero-order chi connectivity index (χ0) is 19.8. The van der Waals surface area contributed by atoms with Crippen LogP contribution in [-0.4, -0.2) is 33.2 Å². The van der Waals surface area contributed by atoms with Crippen LogP contribution >= 0.6 is 0 Å². The molecule has 1 atom stereocenters. The van der Waals surface area contributed by atoms with Gasteiger partial charge in [-0.15, -0.1) is 0 Å². The average molecular weight is 394 g/mol. The van der Waals surface area contributed by atoms with Crippen molar-refractivity contribution in [2.75, 3.05) is 13.3 Å². The Morgan fingerprint density at radius 3 is 2.86 bits per heavy atom. The van der Waals surface area contributed by atoms with Gasteiger partial charge in [-0.05, 0) is 44.5 Å². The van der Waals surface area contributed by atoms with Crippen molar-refractivity contribution >= 4 is 0 Å². The van der Waals surface area contributed by atoms with Crippen LogP contribution < -0.4 is 9.47 Å². The first-order valence-corrected chi connectivity index (χ1v) is 10.3. The van der Waals surface area contributed by atoms with E-state index >= 15 is 0 Å². The lowest BCUT2D eigenvalue weighted by Gasteiger charge is -2.28. The predicted molar refractivity (Wildman–Crippen MR) is 108 cm³/mol. The first-order chi connectivity index (χ1) is 14.2. The lowest BCUT2D eigenvalue weighted by molar-refractivity contribution is 0.174. The summed E-state index contributed by atoms with van der Waals surface area (Å²) in [6.07, 6.45) is 6.89. The van der Waals surface area contributed by atoms with Crippen molar-refractivity contribution in [3.8, 4) is 22.8 Å². The number of aryl methyl sites for hydroxylation is 2.